The van der Waals surface area contributed by atoms with Gasteiger partial charge in [0.1, 0.15) is 45.4 Å². The van der Waals surface area contributed by atoms with E-state index >= 15 is 0 Å². The van der Waals surface area contributed by atoms with E-state index in [9.17, 15) is 19.2 Å². The first-order valence-corrected chi connectivity index (χ1v) is 36.9. The Morgan fingerprint density at radius 2 is 0.720 bits per heavy atom. The molecule has 16 rings (SSSR count). The number of ether oxygens (including phenoxy) is 3. The summed E-state index contributed by atoms with van der Waals surface area (Å²) in [5.74, 6) is -0.655. The zero-order valence-electron chi connectivity index (χ0n) is 61.9. The van der Waals surface area contributed by atoms with Crippen LogP contribution in [0.2, 0.25) is 0 Å². The molecule has 4 aliphatic heterocycles. The molecule has 4 atom stereocenters. The minimum absolute atomic E-state index is 0.0793. The highest BCUT2D eigenvalue weighted by Crippen LogP contribution is 2.26. The van der Waals surface area contributed by atoms with Crippen molar-refractivity contribution in [3.05, 3.63) is 263 Å². The molecule has 0 unspecified atom stereocenters. The van der Waals surface area contributed by atoms with Crippen molar-refractivity contribution in [1.82, 2.24) is 64.1 Å². The third-order valence-electron chi connectivity index (χ3n) is 19.8. The van der Waals surface area contributed by atoms with Crippen molar-refractivity contribution in [3.63, 3.8) is 0 Å². The van der Waals surface area contributed by atoms with Gasteiger partial charge in [0.15, 0.2) is 0 Å². The molecule has 0 aliphatic carbocycles. The number of aromatic nitrogens is 8. The number of fused-ring (bicyclic) bond motifs is 4. The van der Waals surface area contributed by atoms with Gasteiger partial charge in [0, 0.05) is 137 Å². The fraction of sp³-hybridized carbons (Fsp3) is 0.325. The summed E-state index contributed by atoms with van der Waals surface area (Å²) in [6.45, 7) is 28.2. The number of nitrogens with one attached hydrogen (secondary N) is 5. The predicted molar refractivity (Wildman–Crippen MR) is 418 cm³/mol. The molecule has 4 aromatic carbocycles. The Morgan fingerprint density at radius 3 is 1.14 bits per heavy atom. The lowest BCUT2D eigenvalue weighted by Gasteiger charge is -2.29. The van der Waals surface area contributed by atoms with Gasteiger partial charge in [-0.3, -0.25) is 19.2 Å². The largest absolute Gasteiger partial charge is 0.378 e. The SMILES string of the molecule is C[C@@H](NC(=O)c1cn2ccccc2n1)c1ccc(N2CCNCC2)cc1.Cc1ccc2nc(C(=O)N[C@H](C)c3ccc(N4CCOCC4)cc3)cn2c1.Cc1cccc2nc(C(=O)N[C@H](C)c3ccc(N4CCOCC4)cc3)cn12.Cc1ccn2cc(C(=O)N[C@H](C)c3ccc(N4CCOCC4)cc3)nc2c1. The molecule has 0 saturated carbocycles. The molecule has 0 bridgehead atoms. The summed E-state index contributed by atoms with van der Waals surface area (Å²) in [6, 6.07) is 52.6. The number of carbonyl (C=O) groups is 4. The molecule has 24 nitrogen and oxygen atoms in total. The van der Waals surface area contributed by atoms with E-state index in [0.717, 1.165) is 167 Å². The van der Waals surface area contributed by atoms with E-state index in [4.69, 9.17) is 14.2 Å². The van der Waals surface area contributed by atoms with Crippen molar-refractivity contribution in [3.8, 4) is 0 Å². The van der Waals surface area contributed by atoms with Gasteiger partial charge < -0.3 is 78.0 Å². The van der Waals surface area contributed by atoms with Gasteiger partial charge in [0.05, 0.1) is 63.8 Å². The number of imidazole rings is 4. The number of hydrogen-bond acceptors (Lipinski definition) is 16. The minimum Gasteiger partial charge on any atom is -0.378 e. The van der Waals surface area contributed by atoms with Crippen LogP contribution in [0.1, 0.15) is 133 Å². The highest BCUT2D eigenvalue weighted by atomic mass is 16.5. The van der Waals surface area contributed by atoms with E-state index in [2.05, 4.69) is 163 Å². The normalized spacial score (nSPS) is 15.7. The van der Waals surface area contributed by atoms with E-state index in [-0.39, 0.29) is 47.8 Å². The number of amides is 4. The first kappa shape index (κ1) is 73.9. The molecule has 4 fully saturated rings. The Kier molecular flexibility index (Phi) is 23.9. The number of aryl methyl sites for hydroxylation is 3. The molecule has 554 valence electrons. The van der Waals surface area contributed by atoms with Crippen LogP contribution in [0.5, 0.6) is 0 Å². The maximum absolute atomic E-state index is 12.6. The lowest BCUT2D eigenvalue weighted by atomic mass is 10.1. The Bertz CT molecular complexity index is 4780. The van der Waals surface area contributed by atoms with Gasteiger partial charge in [-0.1, -0.05) is 66.7 Å². The fourth-order valence-electron chi connectivity index (χ4n) is 13.4. The Morgan fingerprint density at radius 1 is 0.355 bits per heavy atom. The first-order chi connectivity index (χ1) is 52.0. The molecule has 107 heavy (non-hydrogen) atoms. The summed E-state index contributed by atoms with van der Waals surface area (Å²) in [5.41, 5.74) is 17.2. The van der Waals surface area contributed by atoms with Gasteiger partial charge in [-0.25, -0.2) is 19.9 Å². The predicted octanol–water partition coefficient (Wildman–Crippen LogP) is 11.1. The van der Waals surface area contributed by atoms with Gasteiger partial charge >= 0.3 is 0 Å². The summed E-state index contributed by atoms with van der Waals surface area (Å²) < 4.78 is 23.7. The van der Waals surface area contributed by atoms with Crippen molar-refractivity contribution >= 4 is 69.0 Å². The lowest BCUT2D eigenvalue weighted by molar-refractivity contribution is 0.0927. The lowest BCUT2D eigenvalue weighted by Crippen LogP contribution is -2.43. The number of hydrogen-bond donors (Lipinski definition) is 5. The molecular weight excluding hydrogens is 1350 g/mol. The monoisotopic (exact) mass is 1440 g/mol. The summed E-state index contributed by atoms with van der Waals surface area (Å²) >= 11 is 0. The number of piperazine rings is 1. The maximum Gasteiger partial charge on any atom is 0.271 e. The molecule has 5 N–H and O–H groups in total. The Balaban J connectivity index is 0.000000126. The Labute approximate surface area is 623 Å². The summed E-state index contributed by atoms with van der Waals surface area (Å²) in [5, 5.41) is 15.5. The zero-order valence-corrected chi connectivity index (χ0v) is 61.9. The molecule has 12 heterocycles. The number of pyridine rings is 4. The van der Waals surface area contributed by atoms with E-state index in [0.29, 0.717) is 22.8 Å². The van der Waals surface area contributed by atoms with Crippen molar-refractivity contribution in [1.29, 1.82) is 0 Å². The van der Waals surface area contributed by atoms with Crippen molar-refractivity contribution < 1.29 is 33.4 Å². The van der Waals surface area contributed by atoms with Crippen LogP contribution < -0.4 is 46.2 Å². The standard InChI is InChI=1S/3C21H24N4O2.C20H23N5O/c1-15-3-8-20-23-19(14-25(20)13-15)21(26)22-16(2)17-4-6-18(7-5-17)24-9-11-27-12-10-24;1-15-7-8-25-14-19(23-20(25)13-15)21(26)22-16(2)17-3-5-18(6-4-17)24-9-11-27-12-10-24;1-15-4-3-5-20-23-19(14-25(15)20)21(26)22-16(2)17-6-8-18(9-7-17)24-10-12-27-13-11-24;1-15(16-5-7-17(8-6-16)24-12-9-21-10-13-24)22-20(26)18-14-25-11-3-2-4-19(25)23-18/h2*3-8,13-14,16H,9-12H2,1-2H3,(H,22,26);3-9,14,16H,10-13H2,1-2H3,(H,22,26);2-8,11,14-15,21H,9-10,12-13H2,1H3,(H,22,26)/t3*16-;15-/m1111/s1. The van der Waals surface area contributed by atoms with Gasteiger partial charge in [0.25, 0.3) is 23.6 Å². The molecule has 4 aliphatic rings. The third-order valence-corrected chi connectivity index (χ3v) is 19.8. The van der Waals surface area contributed by atoms with Crippen molar-refractivity contribution in [2.75, 3.05) is 125 Å². The zero-order chi connectivity index (χ0) is 74.3. The number of carbonyl (C=O) groups excluding carboxylic acids is 4. The van der Waals surface area contributed by atoms with E-state index in [1.807, 2.05) is 145 Å². The van der Waals surface area contributed by atoms with Gasteiger partial charge in [-0.05, 0) is 173 Å². The molecular formula is C83H95N17O7. The van der Waals surface area contributed by atoms with Gasteiger partial charge in [0.2, 0.25) is 0 Å². The topological polar surface area (TPSA) is 238 Å². The second-order valence-corrected chi connectivity index (χ2v) is 27.5. The molecule has 0 spiro atoms. The first-order valence-electron chi connectivity index (χ1n) is 36.9. The second kappa shape index (κ2) is 34.6. The molecule has 12 aromatic rings. The van der Waals surface area contributed by atoms with Crippen LogP contribution in [-0.2, 0) is 14.2 Å². The van der Waals surface area contributed by atoms with Gasteiger partial charge in [-0.15, -0.1) is 0 Å². The second-order valence-electron chi connectivity index (χ2n) is 27.5. The molecule has 4 saturated heterocycles. The van der Waals surface area contributed by atoms with Crippen LogP contribution >= 0.6 is 0 Å². The van der Waals surface area contributed by atoms with Gasteiger partial charge in [-0.2, -0.15) is 0 Å². The smallest absolute Gasteiger partial charge is 0.271 e. The summed E-state index contributed by atoms with van der Waals surface area (Å²) in [4.78, 5) is 77.3. The van der Waals surface area contributed by atoms with E-state index in [1.165, 1.54) is 22.7 Å². The summed E-state index contributed by atoms with van der Waals surface area (Å²) in [6.07, 6.45) is 12.8. The molecule has 24 heteroatoms. The third kappa shape index (κ3) is 18.8. The number of morpholine rings is 3. The van der Waals surface area contributed by atoms with Crippen LogP contribution in [-0.4, -0.2) is 166 Å². The highest BCUT2D eigenvalue weighted by molar-refractivity contribution is 5.95. The number of benzene rings is 4. The molecule has 8 aromatic heterocycles. The number of anilines is 4. The van der Waals surface area contributed by atoms with Crippen LogP contribution in [0.25, 0.3) is 22.6 Å². The molecule has 4 amide bonds. The van der Waals surface area contributed by atoms with Crippen LogP contribution in [0.3, 0.4) is 0 Å². The quantitative estimate of drug-likeness (QED) is 0.0604. The number of rotatable bonds is 16. The average Bonchev–Trinajstić information content (AvgIpc) is 1.72. The van der Waals surface area contributed by atoms with Crippen molar-refractivity contribution in [2.45, 2.75) is 72.6 Å². The molecule has 0 radical (unpaired) electrons. The van der Waals surface area contributed by atoms with E-state index in [1.54, 1.807) is 24.8 Å². The van der Waals surface area contributed by atoms with Crippen LogP contribution in [0.4, 0.5) is 22.7 Å². The summed E-state index contributed by atoms with van der Waals surface area (Å²) in [7, 11) is 0. The van der Waals surface area contributed by atoms with Crippen LogP contribution in [0.15, 0.2) is 201 Å². The fourth-order valence-corrected chi connectivity index (χ4v) is 13.4. The Hall–Kier alpha value is -11.4. The van der Waals surface area contributed by atoms with E-state index < -0.39 is 0 Å². The highest BCUT2D eigenvalue weighted by Gasteiger charge is 2.22. The maximum atomic E-state index is 12.6. The van der Waals surface area contributed by atoms with Crippen molar-refractivity contribution in [2.24, 2.45) is 0 Å². The van der Waals surface area contributed by atoms with Crippen LogP contribution in [0, 0.1) is 20.8 Å². The average molecular weight is 1440 g/mol. The minimum atomic E-state index is -0.166. The number of nitrogens with zero attached hydrogens (tertiary/aromatic N) is 12.